The molecule has 0 aliphatic rings. The fourth-order valence-electron chi connectivity index (χ4n) is 3.65. The smallest absolute Gasteiger partial charge is 0.255 e. The summed E-state index contributed by atoms with van der Waals surface area (Å²) in [5.41, 5.74) is 4.23. The van der Waals surface area contributed by atoms with E-state index in [0.717, 1.165) is 22.4 Å². The lowest BCUT2D eigenvalue weighted by molar-refractivity contribution is 0.0940. The van der Waals surface area contributed by atoms with Crippen molar-refractivity contribution >= 4 is 17.5 Å². The number of rotatable bonds is 7. The zero-order valence-corrected chi connectivity index (χ0v) is 19.2. The molecule has 166 valence electrons. The van der Waals surface area contributed by atoms with Gasteiger partial charge in [-0.15, -0.1) is 0 Å². The fourth-order valence-corrected chi connectivity index (χ4v) is 3.65. The number of carbonyl (C=O) groups excluding carboxylic acids is 2. The Hall–Kier alpha value is -3.60. The van der Waals surface area contributed by atoms with Crippen LogP contribution in [0.2, 0.25) is 0 Å². The number of nitrogens with one attached hydrogen (secondary N) is 2. The predicted molar refractivity (Wildman–Crippen MR) is 129 cm³/mol. The molecule has 0 saturated heterocycles. The lowest BCUT2D eigenvalue weighted by Crippen LogP contribution is -2.28. The first-order chi connectivity index (χ1) is 15.3. The van der Waals surface area contributed by atoms with Gasteiger partial charge in [0.2, 0.25) is 0 Å². The van der Waals surface area contributed by atoms with E-state index in [1.165, 1.54) is 0 Å². The Bertz CT molecular complexity index is 1110. The predicted octanol–water partition coefficient (Wildman–Crippen LogP) is 5.87. The molecule has 5 nitrogen and oxygen atoms in total. The first-order valence-corrected chi connectivity index (χ1v) is 10.8. The number of hydrogen-bond donors (Lipinski definition) is 2. The zero-order chi connectivity index (χ0) is 23.3. The molecule has 0 bridgehead atoms. The highest BCUT2D eigenvalue weighted by Gasteiger charge is 2.19. The van der Waals surface area contributed by atoms with Crippen LogP contribution >= 0.6 is 0 Å². The van der Waals surface area contributed by atoms with Crippen LogP contribution in [0.3, 0.4) is 0 Å². The number of aryl methyl sites for hydroxylation is 1. The van der Waals surface area contributed by atoms with Crippen molar-refractivity contribution in [1.82, 2.24) is 5.32 Å². The van der Waals surface area contributed by atoms with E-state index in [0.29, 0.717) is 16.8 Å². The Kier molecular flexibility index (Phi) is 7.31. The number of hydrogen-bond acceptors (Lipinski definition) is 3. The molecule has 0 aliphatic carbocycles. The summed E-state index contributed by atoms with van der Waals surface area (Å²) in [6.07, 6.45) is 0. The summed E-state index contributed by atoms with van der Waals surface area (Å²) in [5, 5.41) is 5.93. The third-order valence-electron chi connectivity index (χ3n) is 5.51. The van der Waals surface area contributed by atoms with Gasteiger partial charge in [0, 0.05) is 5.56 Å². The molecule has 2 amide bonds. The highest BCUT2D eigenvalue weighted by molar-refractivity contribution is 6.09. The lowest BCUT2D eigenvalue weighted by atomic mass is 9.96. The molecule has 0 fully saturated rings. The van der Waals surface area contributed by atoms with Crippen molar-refractivity contribution in [3.8, 4) is 5.75 Å². The molecular weight excluding hydrogens is 400 g/mol. The van der Waals surface area contributed by atoms with E-state index in [9.17, 15) is 9.59 Å². The average Bonchev–Trinajstić information content (AvgIpc) is 2.79. The van der Waals surface area contributed by atoms with Gasteiger partial charge in [-0.3, -0.25) is 9.59 Å². The largest absolute Gasteiger partial charge is 0.496 e. The third-order valence-corrected chi connectivity index (χ3v) is 5.51. The molecule has 3 aromatic rings. The van der Waals surface area contributed by atoms with Crippen LogP contribution in [0.25, 0.3) is 0 Å². The first-order valence-electron chi connectivity index (χ1n) is 10.8. The topological polar surface area (TPSA) is 67.4 Å². The molecule has 32 heavy (non-hydrogen) atoms. The molecule has 0 aromatic heterocycles. The van der Waals surface area contributed by atoms with Crippen molar-refractivity contribution in [3.05, 3.63) is 94.5 Å². The quantitative estimate of drug-likeness (QED) is 0.493. The van der Waals surface area contributed by atoms with Crippen LogP contribution in [-0.2, 0) is 0 Å². The average molecular weight is 431 g/mol. The molecule has 0 radical (unpaired) electrons. The molecule has 0 aliphatic heterocycles. The molecule has 3 rings (SSSR count). The second-order valence-corrected chi connectivity index (χ2v) is 8.17. The lowest BCUT2D eigenvalue weighted by Gasteiger charge is -2.18. The fraction of sp³-hybridized carbons (Fsp3) is 0.259. The second kappa shape index (κ2) is 10.1. The number of anilines is 1. The van der Waals surface area contributed by atoms with Crippen LogP contribution in [0.1, 0.15) is 70.1 Å². The van der Waals surface area contributed by atoms with Crippen LogP contribution in [0, 0.1) is 6.92 Å². The minimum atomic E-state index is -0.261. The van der Waals surface area contributed by atoms with E-state index >= 15 is 0 Å². The van der Waals surface area contributed by atoms with Crippen molar-refractivity contribution in [1.29, 1.82) is 0 Å². The summed E-state index contributed by atoms with van der Waals surface area (Å²) in [5.74, 6) is 0.466. The molecule has 5 heteroatoms. The van der Waals surface area contributed by atoms with E-state index in [1.807, 2.05) is 56.3 Å². The van der Waals surface area contributed by atoms with E-state index < -0.39 is 0 Å². The van der Waals surface area contributed by atoms with Gasteiger partial charge >= 0.3 is 0 Å². The van der Waals surface area contributed by atoms with Gasteiger partial charge in [-0.2, -0.15) is 0 Å². The summed E-state index contributed by atoms with van der Waals surface area (Å²) >= 11 is 0. The molecule has 3 aromatic carbocycles. The van der Waals surface area contributed by atoms with Gasteiger partial charge in [0.15, 0.2) is 0 Å². The Morgan fingerprint density at radius 1 is 0.844 bits per heavy atom. The van der Waals surface area contributed by atoms with Gasteiger partial charge in [0.05, 0.1) is 24.4 Å². The molecule has 1 atom stereocenters. The van der Waals surface area contributed by atoms with Crippen molar-refractivity contribution in [2.45, 2.75) is 39.7 Å². The van der Waals surface area contributed by atoms with E-state index in [-0.39, 0.29) is 23.8 Å². The van der Waals surface area contributed by atoms with Crippen molar-refractivity contribution < 1.29 is 14.3 Å². The van der Waals surface area contributed by atoms with Crippen molar-refractivity contribution in [2.75, 3.05) is 12.4 Å². The summed E-state index contributed by atoms with van der Waals surface area (Å²) in [4.78, 5) is 26.1. The molecule has 2 N–H and O–H groups in total. The molecule has 0 heterocycles. The Balaban J connectivity index is 1.84. The number of ether oxygens (including phenoxy) is 1. The number of carbonyl (C=O) groups is 2. The standard InChI is InChI=1S/C27H30N2O3/c1-17(2)22-16-23(18(3)15-25(22)32-5)27(31)29-24-14-10-9-13-21(24)26(30)28-19(4)20-11-7-6-8-12-20/h6-17,19H,1-5H3,(H,28,30)(H,29,31). The maximum atomic E-state index is 13.1. The van der Waals surface area contributed by atoms with Crippen molar-refractivity contribution in [3.63, 3.8) is 0 Å². The highest BCUT2D eigenvalue weighted by Crippen LogP contribution is 2.30. The first kappa shape index (κ1) is 23.1. The number of methoxy groups -OCH3 is 1. The minimum Gasteiger partial charge on any atom is -0.496 e. The van der Waals surface area contributed by atoms with Gasteiger partial charge in [-0.05, 0) is 60.7 Å². The monoisotopic (exact) mass is 430 g/mol. The summed E-state index contributed by atoms with van der Waals surface area (Å²) in [7, 11) is 1.63. The van der Waals surface area contributed by atoms with E-state index in [4.69, 9.17) is 4.74 Å². The summed E-state index contributed by atoms with van der Waals surface area (Å²) in [6, 6.07) is 20.4. The highest BCUT2D eigenvalue weighted by atomic mass is 16.5. The van der Waals surface area contributed by atoms with Crippen LogP contribution in [0.4, 0.5) is 5.69 Å². The zero-order valence-electron chi connectivity index (χ0n) is 19.2. The maximum Gasteiger partial charge on any atom is 0.255 e. The van der Waals surface area contributed by atoms with Crippen LogP contribution in [0.15, 0.2) is 66.7 Å². The molecule has 1 unspecified atom stereocenters. The molecule has 0 spiro atoms. The Morgan fingerprint density at radius 2 is 1.50 bits per heavy atom. The van der Waals surface area contributed by atoms with E-state index in [2.05, 4.69) is 24.5 Å². The van der Waals surface area contributed by atoms with Gasteiger partial charge in [0.1, 0.15) is 5.75 Å². The van der Waals surface area contributed by atoms with Crippen molar-refractivity contribution in [2.24, 2.45) is 0 Å². The number of para-hydroxylation sites is 1. The number of amides is 2. The number of benzene rings is 3. The Labute approximate surface area is 189 Å². The van der Waals surface area contributed by atoms with Crippen LogP contribution in [0.5, 0.6) is 5.75 Å². The SMILES string of the molecule is COc1cc(C)c(C(=O)Nc2ccccc2C(=O)NC(C)c2ccccc2)cc1C(C)C. The van der Waals surface area contributed by atoms with Gasteiger partial charge in [-0.25, -0.2) is 0 Å². The second-order valence-electron chi connectivity index (χ2n) is 8.17. The minimum absolute atomic E-state index is 0.162. The molecule has 0 saturated carbocycles. The van der Waals surface area contributed by atoms with Crippen LogP contribution in [-0.4, -0.2) is 18.9 Å². The third kappa shape index (κ3) is 5.17. The summed E-state index contributed by atoms with van der Waals surface area (Å²) in [6.45, 7) is 7.93. The normalized spacial score (nSPS) is 11.7. The van der Waals surface area contributed by atoms with Gasteiger partial charge in [-0.1, -0.05) is 56.3 Å². The maximum absolute atomic E-state index is 13.1. The van der Waals surface area contributed by atoms with Gasteiger partial charge in [0.25, 0.3) is 11.8 Å². The summed E-state index contributed by atoms with van der Waals surface area (Å²) < 4.78 is 5.48. The Morgan fingerprint density at radius 3 is 2.16 bits per heavy atom. The van der Waals surface area contributed by atoms with Crippen LogP contribution < -0.4 is 15.4 Å². The van der Waals surface area contributed by atoms with Gasteiger partial charge < -0.3 is 15.4 Å². The van der Waals surface area contributed by atoms with E-state index in [1.54, 1.807) is 31.4 Å². The molecular formula is C27H30N2O3.